The lowest BCUT2D eigenvalue weighted by atomic mass is 9.44. The van der Waals surface area contributed by atoms with E-state index in [4.69, 9.17) is 10.5 Å². The highest BCUT2D eigenvalue weighted by atomic mass is 79.9. The van der Waals surface area contributed by atoms with E-state index in [9.17, 15) is 0 Å². The predicted octanol–water partition coefficient (Wildman–Crippen LogP) is 7.30. The summed E-state index contributed by atoms with van der Waals surface area (Å²) >= 11 is 3.60. The fourth-order valence-electron chi connectivity index (χ4n) is 12.0. The van der Waals surface area contributed by atoms with Crippen LogP contribution in [0, 0.1) is 52.3 Å². The van der Waals surface area contributed by atoms with Gasteiger partial charge >= 0.3 is 0 Å². The SMILES string of the molecule is C[C@H]1CC[C@]2(NC1)O[C@H]1C[C@H]3[C@@H]4CC[C@H]5CC(NC[C@@H](N)Cc6cccc(Br)c6)CC[C@]5(C)[C@H]4CC[C@]3(C)[C@H]1[C@@H]2C. The second-order valence-electron chi connectivity index (χ2n) is 16.3. The second kappa shape index (κ2) is 10.9. The number of nitrogens with one attached hydrogen (secondary N) is 2. The standard InChI is InChI=1S/C36H56BrN3O/c1-22-10-15-36(40-20-22)23(2)33-32(41-36)19-31-29-9-8-25-18-28(11-13-34(25,3)30(29)12-14-35(31,33)4)39-21-27(38)17-24-6-5-7-26(37)16-24/h5-7,16,22-23,25,27-33,39-40H,8-15,17-21,38H2,1-4H3/t22-,23-,25-,27-,28?,29+,30-,31-,32-,33-,34-,35-,36-/m0/s1. The van der Waals surface area contributed by atoms with Crippen LogP contribution in [-0.4, -0.2) is 37.0 Å². The van der Waals surface area contributed by atoms with Crippen LogP contribution in [0.4, 0.5) is 0 Å². The molecule has 6 aliphatic rings. The van der Waals surface area contributed by atoms with E-state index in [0.29, 0.717) is 28.9 Å². The molecule has 4 nitrogen and oxygen atoms in total. The van der Waals surface area contributed by atoms with Gasteiger partial charge in [0.15, 0.2) is 0 Å². The average molecular weight is 627 g/mol. The topological polar surface area (TPSA) is 59.3 Å². The first-order chi connectivity index (χ1) is 19.6. The largest absolute Gasteiger partial charge is 0.357 e. The van der Waals surface area contributed by atoms with E-state index in [1.807, 2.05) is 0 Å². The molecular weight excluding hydrogens is 570 g/mol. The number of halogens is 1. The van der Waals surface area contributed by atoms with Crippen molar-refractivity contribution in [1.29, 1.82) is 0 Å². The van der Waals surface area contributed by atoms with Crippen molar-refractivity contribution in [3.05, 3.63) is 34.3 Å². The molecule has 228 valence electrons. The number of hydrogen-bond acceptors (Lipinski definition) is 4. The summed E-state index contributed by atoms with van der Waals surface area (Å²) in [6, 6.07) is 9.40. The minimum Gasteiger partial charge on any atom is -0.357 e. The molecule has 13 atom stereocenters. The van der Waals surface area contributed by atoms with Crippen LogP contribution in [0.25, 0.3) is 0 Å². The van der Waals surface area contributed by atoms with Gasteiger partial charge in [0, 0.05) is 35.6 Å². The summed E-state index contributed by atoms with van der Waals surface area (Å²) in [6.45, 7) is 12.4. The molecule has 1 unspecified atom stereocenters. The molecule has 4 aliphatic carbocycles. The average Bonchev–Trinajstić information content (AvgIpc) is 3.39. The zero-order valence-electron chi connectivity index (χ0n) is 26.1. The molecule has 2 heterocycles. The zero-order valence-corrected chi connectivity index (χ0v) is 27.7. The normalized spacial score (nSPS) is 49.7. The molecule has 4 saturated carbocycles. The highest BCUT2D eigenvalue weighted by Gasteiger charge is 2.68. The van der Waals surface area contributed by atoms with Gasteiger partial charge in [-0.1, -0.05) is 55.8 Å². The van der Waals surface area contributed by atoms with Gasteiger partial charge in [-0.25, -0.2) is 0 Å². The molecule has 0 radical (unpaired) electrons. The molecule has 1 aromatic carbocycles. The highest BCUT2D eigenvalue weighted by molar-refractivity contribution is 9.10. The van der Waals surface area contributed by atoms with Gasteiger partial charge in [0.1, 0.15) is 5.72 Å². The van der Waals surface area contributed by atoms with Gasteiger partial charge in [0.2, 0.25) is 0 Å². The maximum Gasteiger partial charge on any atom is 0.122 e. The van der Waals surface area contributed by atoms with Crippen molar-refractivity contribution in [3.8, 4) is 0 Å². The van der Waals surface area contributed by atoms with E-state index in [0.717, 1.165) is 59.5 Å². The van der Waals surface area contributed by atoms with Crippen LogP contribution < -0.4 is 16.4 Å². The number of piperidine rings is 1. The second-order valence-corrected chi connectivity index (χ2v) is 17.2. The Hall–Kier alpha value is -0.460. The van der Waals surface area contributed by atoms with Gasteiger partial charge in [-0.05, 0) is 135 Å². The molecule has 41 heavy (non-hydrogen) atoms. The fraction of sp³-hybridized carbons (Fsp3) is 0.833. The Morgan fingerprint density at radius 3 is 2.63 bits per heavy atom. The lowest BCUT2D eigenvalue weighted by Gasteiger charge is -2.61. The lowest BCUT2D eigenvalue weighted by molar-refractivity contribution is -0.134. The number of ether oxygens (including phenoxy) is 1. The molecule has 1 spiro atoms. The van der Waals surface area contributed by atoms with Crippen LogP contribution in [0.3, 0.4) is 0 Å². The third kappa shape index (κ3) is 4.91. The summed E-state index contributed by atoms with van der Waals surface area (Å²) in [4.78, 5) is 0. The van der Waals surface area contributed by atoms with E-state index in [2.05, 4.69) is 78.5 Å². The van der Waals surface area contributed by atoms with E-state index in [1.165, 1.54) is 69.8 Å². The van der Waals surface area contributed by atoms with Gasteiger partial charge in [0.05, 0.1) is 6.10 Å². The third-order valence-electron chi connectivity index (χ3n) is 14.2. The van der Waals surface area contributed by atoms with Gasteiger partial charge in [0.25, 0.3) is 0 Å². The molecule has 2 aliphatic heterocycles. The molecule has 0 bridgehead atoms. The summed E-state index contributed by atoms with van der Waals surface area (Å²) in [5, 5.41) is 7.86. The predicted molar refractivity (Wildman–Crippen MR) is 171 cm³/mol. The van der Waals surface area contributed by atoms with Gasteiger partial charge in [-0.15, -0.1) is 0 Å². The van der Waals surface area contributed by atoms with E-state index in [-0.39, 0.29) is 11.8 Å². The lowest BCUT2D eigenvalue weighted by Crippen LogP contribution is -2.58. The molecule has 1 aromatic rings. The summed E-state index contributed by atoms with van der Waals surface area (Å²) < 4.78 is 8.26. The number of hydrogen-bond donors (Lipinski definition) is 3. The number of nitrogens with two attached hydrogens (primary N) is 1. The zero-order chi connectivity index (χ0) is 28.6. The van der Waals surface area contributed by atoms with Crippen LogP contribution in [-0.2, 0) is 11.2 Å². The molecule has 5 heteroatoms. The molecule has 4 N–H and O–H groups in total. The fourth-order valence-corrected chi connectivity index (χ4v) is 12.4. The Kier molecular flexibility index (Phi) is 7.75. The molecule has 0 aromatic heterocycles. The van der Waals surface area contributed by atoms with Crippen molar-refractivity contribution >= 4 is 15.9 Å². The maximum atomic E-state index is 7.11. The summed E-state index contributed by atoms with van der Waals surface area (Å²) in [5.74, 6) is 5.71. The van der Waals surface area contributed by atoms with Crippen LogP contribution in [0.2, 0.25) is 0 Å². The third-order valence-corrected chi connectivity index (χ3v) is 14.7. The molecule has 6 fully saturated rings. The van der Waals surface area contributed by atoms with Crippen LogP contribution in [0.15, 0.2) is 28.7 Å². The Morgan fingerprint density at radius 2 is 1.85 bits per heavy atom. The number of fused-ring (bicyclic) bond motifs is 7. The number of benzene rings is 1. The summed E-state index contributed by atoms with van der Waals surface area (Å²) in [7, 11) is 0. The quantitative estimate of drug-likeness (QED) is 0.321. The van der Waals surface area contributed by atoms with Gasteiger partial charge in [-0.3, -0.25) is 5.32 Å². The van der Waals surface area contributed by atoms with Gasteiger partial charge < -0.3 is 15.8 Å². The Balaban J connectivity index is 0.979. The van der Waals surface area contributed by atoms with Crippen molar-refractivity contribution < 1.29 is 4.74 Å². The van der Waals surface area contributed by atoms with Crippen molar-refractivity contribution in [1.82, 2.24) is 10.6 Å². The van der Waals surface area contributed by atoms with Crippen molar-refractivity contribution in [3.63, 3.8) is 0 Å². The molecular formula is C36H56BrN3O. The first-order valence-electron chi connectivity index (χ1n) is 17.3. The Bertz CT molecular complexity index is 1100. The van der Waals surface area contributed by atoms with Crippen molar-refractivity contribution in [2.45, 2.75) is 122 Å². The summed E-state index contributed by atoms with van der Waals surface area (Å²) in [6.07, 6.45) is 15.1. The highest BCUT2D eigenvalue weighted by Crippen LogP contribution is 2.71. The van der Waals surface area contributed by atoms with E-state index >= 15 is 0 Å². The van der Waals surface area contributed by atoms with Gasteiger partial charge in [-0.2, -0.15) is 0 Å². The van der Waals surface area contributed by atoms with E-state index < -0.39 is 0 Å². The number of rotatable bonds is 5. The minimum atomic E-state index is -0.0395. The first kappa shape index (κ1) is 29.3. The van der Waals surface area contributed by atoms with Crippen molar-refractivity contribution in [2.75, 3.05) is 13.1 Å². The van der Waals surface area contributed by atoms with Crippen LogP contribution in [0.5, 0.6) is 0 Å². The minimum absolute atomic E-state index is 0.0395. The molecule has 7 rings (SSSR count). The first-order valence-corrected chi connectivity index (χ1v) is 18.1. The smallest absolute Gasteiger partial charge is 0.122 e. The summed E-state index contributed by atoms with van der Waals surface area (Å²) in [5.41, 5.74) is 8.86. The molecule has 2 saturated heterocycles. The Morgan fingerprint density at radius 1 is 1.02 bits per heavy atom. The molecule has 0 amide bonds. The van der Waals surface area contributed by atoms with Crippen LogP contribution >= 0.6 is 15.9 Å². The van der Waals surface area contributed by atoms with E-state index in [1.54, 1.807) is 0 Å². The van der Waals surface area contributed by atoms with Crippen LogP contribution in [0.1, 0.15) is 97.5 Å². The Labute approximate surface area is 258 Å². The maximum absolute atomic E-state index is 7.11. The van der Waals surface area contributed by atoms with Crippen molar-refractivity contribution in [2.24, 2.45) is 58.0 Å². The monoisotopic (exact) mass is 625 g/mol.